The number of aromatic amines is 1. The number of fused-ring (bicyclic) bond motifs is 1. The molecule has 29 heavy (non-hydrogen) atoms. The van der Waals surface area contributed by atoms with Gasteiger partial charge in [-0.15, -0.1) is 0 Å². The molecular formula is C22H23FN4O2. The van der Waals surface area contributed by atoms with Crippen LogP contribution in [-0.4, -0.2) is 38.0 Å². The lowest BCUT2D eigenvalue weighted by Crippen LogP contribution is -2.28. The van der Waals surface area contributed by atoms with Crippen LogP contribution in [0.2, 0.25) is 0 Å². The van der Waals surface area contributed by atoms with E-state index in [1.807, 2.05) is 45.0 Å². The standard InChI is InChI=1S/C22H23FN4O2/c1-22(2,3)29-18-7-5-4-6-13(18)11-27-12-17(28)19(20(27)24)21-25-15-9-8-14(23)10-16(15)26-21/h4-10,24,28H,11-12H2,1-3H3,(H,25,26). The summed E-state index contributed by atoms with van der Waals surface area (Å²) < 4.78 is 19.5. The molecule has 0 saturated carbocycles. The molecule has 3 N–H and O–H groups in total. The molecule has 0 saturated heterocycles. The van der Waals surface area contributed by atoms with E-state index in [1.54, 1.807) is 11.0 Å². The maximum atomic E-state index is 13.5. The normalized spacial score (nSPS) is 14.9. The number of nitrogens with zero attached hydrogens (tertiary/aromatic N) is 2. The molecule has 1 aliphatic heterocycles. The van der Waals surface area contributed by atoms with Crippen LogP contribution in [0.15, 0.2) is 48.2 Å². The molecule has 2 aromatic carbocycles. The van der Waals surface area contributed by atoms with E-state index < -0.39 is 0 Å². The minimum atomic E-state index is -0.371. The van der Waals surface area contributed by atoms with E-state index in [2.05, 4.69) is 9.97 Å². The second kappa shape index (κ2) is 6.92. The second-order valence-electron chi connectivity index (χ2n) is 8.10. The van der Waals surface area contributed by atoms with Gasteiger partial charge in [0.2, 0.25) is 0 Å². The second-order valence-corrected chi connectivity index (χ2v) is 8.10. The van der Waals surface area contributed by atoms with Crippen molar-refractivity contribution >= 4 is 22.4 Å². The fraction of sp³-hybridized carbons (Fsp3) is 0.273. The number of para-hydroxylation sites is 1. The van der Waals surface area contributed by atoms with Gasteiger partial charge in [0, 0.05) is 12.1 Å². The minimum Gasteiger partial charge on any atom is -0.510 e. The van der Waals surface area contributed by atoms with Gasteiger partial charge in [0.15, 0.2) is 0 Å². The Balaban J connectivity index is 1.60. The number of amidine groups is 1. The number of nitrogens with one attached hydrogen (secondary N) is 2. The van der Waals surface area contributed by atoms with Gasteiger partial charge in [-0.1, -0.05) is 18.2 Å². The highest BCUT2D eigenvalue weighted by molar-refractivity contribution is 6.23. The van der Waals surface area contributed by atoms with E-state index in [9.17, 15) is 9.50 Å². The number of hydrogen-bond donors (Lipinski definition) is 3. The summed E-state index contributed by atoms with van der Waals surface area (Å²) in [5.41, 5.74) is 2.01. The van der Waals surface area contributed by atoms with Crippen molar-refractivity contribution in [2.24, 2.45) is 0 Å². The summed E-state index contributed by atoms with van der Waals surface area (Å²) in [6, 6.07) is 11.9. The first-order valence-corrected chi connectivity index (χ1v) is 9.40. The van der Waals surface area contributed by atoms with Gasteiger partial charge in [-0.2, -0.15) is 0 Å². The maximum absolute atomic E-state index is 13.5. The number of aliphatic hydroxyl groups excluding tert-OH is 1. The van der Waals surface area contributed by atoms with Crippen molar-refractivity contribution in [3.05, 3.63) is 65.4 Å². The number of aromatic nitrogens is 2. The van der Waals surface area contributed by atoms with E-state index in [-0.39, 0.29) is 29.6 Å². The molecule has 0 bridgehead atoms. The zero-order valence-electron chi connectivity index (χ0n) is 16.6. The average Bonchev–Trinajstić information content (AvgIpc) is 3.15. The number of aliphatic hydroxyl groups is 1. The minimum absolute atomic E-state index is 0.0590. The quantitative estimate of drug-likeness (QED) is 0.602. The number of halogens is 1. The molecule has 0 aliphatic carbocycles. The van der Waals surface area contributed by atoms with Crippen LogP contribution in [0.1, 0.15) is 32.2 Å². The molecule has 2 heterocycles. The predicted molar refractivity (Wildman–Crippen MR) is 111 cm³/mol. The molecule has 0 radical (unpaired) electrons. The van der Waals surface area contributed by atoms with Gasteiger partial charge in [-0.05, 0) is 45.0 Å². The molecule has 7 heteroatoms. The monoisotopic (exact) mass is 394 g/mol. The highest BCUT2D eigenvalue weighted by atomic mass is 19.1. The zero-order valence-corrected chi connectivity index (χ0v) is 16.6. The van der Waals surface area contributed by atoms with Crippen molar-refractivity contribution < 1.29 is 14.2 Å². The van der Waals surface area contributed by atoms with Crippen LogP contribution >= 0.6 is 0 Å². The highest BCUT2D eigenvalue weighted by Gasteiger charge is 2.31. The summed E-state index contributed by atoms with van der Waals surface area (Å²) in [5, 5.41) is 19.1. The van der Waals surface area contributed by atoms with Crippen LogP contribution in [0.3, 0.4) is 0 Å². The summed E-state index contributed by atoms with van der Waals surface area (Å²) in [5.74, 6) is 0.954. The first-order chi connectivity index (χ1) is 13.7. The van der Waals surface area contributed by atoms with Crippen molar-refractivity contribution in [1.82, 2.24) is 14.9 Å². The highest BCUT2D eigenvalue weighted by Crippen LogP contribution is 2.31. The van der Waals surface area contributed by atoms with E-state index in [4.69, 9.17) is 10.1 Å². The van der Waals surface area contributed by atoms with Gasteiger partial charge < -0.3 is 19.7 Å². The van der Waals surface area contributed by atoms with E-state index in [1.165, 1.54) is 12.1 Å². The molecule has 1 aromatic heterocycles. The Hall–Kier alpha value is -3.35. The first-order valence-electron chi connectivity index (χ1n) is 9.40. The Morgan fingerprint density at radius 1 is 1.24 bits per heavy atom. The van der Waals surface area contributed by atoms with Crippen LogP contribution in [0.5, 0.6) is 5.75 Å². The largest absolute Gasteiger partial charge is 0.510 e. The molecule has 150 valence electrons. The van der Waals surface area contributed by atoms with Crippen molar-refractivity contribution in [2.75, 3.05) is 6.54 Å². The van der Waals surface area contributed by atoms with Gasteiger partial charge in [-0.25, -0.2) is 9.37 Å². The lowest BCUT2D eigenvalue weighted by Gasteiger charge is -2.25. The van der Waals surface area contributed by atoms with Crippen molar-refractivity contribution in [3.8, 4) is 5.75 Å². The lowest BCUT2D eigenvalue weighted by atomic mass is 10.1. The average molecular weight is 394 g/mol. The Kier molecular flexibility index (Phi) is 4.53. The third-order valence-corrected chi connectivity index (χ3v) is 4.61. The summed E-state index contributed by atoms with van der Waals surface area (Å²) >= 11 is 0. The smallest absolute Gasteiger partial charge is 0.145 e. The fourth-order valence-electron chi connectivity index (χ4n) is 3.39. The van der Waals surface area contributed by atoms with Gasteiger partial charge in [0.05, 0.1) is 23.2 Å². The molecule has 4 rings (SSSR count). The Labute approximate surface area is 168 Å². The molecular weight excluding hydrogens is 371 g/mol. The third kappa shape index (κ3) is 3.81. The van der Waals surface area contributed by atoms with Crippen molar-refractivity contribution in [2.45, 2.75) is 32.9 Å². The van der Waals surface area contributed by atoms with E-state index in [0.29, 0.717) is 29.0 Å². The molecule has 6 nitrogen and oxygen atoms in total. The van der Waals surface area contributed by atoms with Gasteiger partial charge in [0.1, 0.15) is 34.6 Å². The van der Waals surface area contributed by atoms with Crippen molar-refractivity contribution in [1.29, 1.82) is 5.41 Å². The molecule has 0 unspecified atom stereocenters. The lowest BCUT2D eigenvalue weighted by molar-refractivity contribution is 0.128. The van der Waals surface area contributed by atoms with Crippen LogP contribution in [0, 0.1) is 11.2 Å². The summed E-state index contributed by atoms with van der Waals surface area (Å²) in [7, 11) is 0. The molecule has 1 aliphatic rings. The number of H-pyrrole nitrogens is 1. The van der Waals surface area contributed by atoms with E-state index >= 15 is 0 Å². The molecule has 0 atom stereocenters. The summed E-state index contributed by atoms with van der Waals surface area (Å²) in [4.78, 5) is 9.17. The number of benzene rings is 2. The van der Waals surface area contributed by atoms with Crippen LogP contribution in [-0.2, 0) is 6.54 Å². The Morgan fingerprint density at radius 2 is 2.00 bits per heavy atom. The van der Waals surface area contributed by atoms with Crippen molar-refractivity contribution in [3.63, 3.8) is 0 Å². The molecule has 0 spiro atoms. The zero-order chi connectivity index (χ0) is 20.8. The molecule has 0 fully saturated rings. The fourth-order valence-corrected chi connectivity index (χ4v) is 3.39. The van der Waals surface area contributed by atoms with Crippen LogP contribution < -0.4 is 4.74 Å². The Bertz CT molecular complexity index is 1130. The van der Waals surface area contributed by atoms with Gasteiger partial charge in [0.25, 0.3) is 0 Å². The van der Waals surface area contributed by atoms with Gasteiger partial charge in [-0.3, -0.25) is 5.41 Å². The third-order valence-electron chi connectivity index (χ3n) is 4.61. The van der Waals surface area contributed by atoms with Crippen LogP contribution in [0.25, 0.3) is 16.6 Å². The number of ether oxygens (including phenoxy) is 1. The van der Waals surface area contributed by atoms with Crippen LogP contribution in [0.4, 0.5) is 4.39 Å². The summed E-state index contributed by atoms with van der Waals surface area (Å²) in [6.07, 6.45) is 0. The summed E-state index contributed by atoms with van der Waals surface area (Å²) in [6.45, 7) is 6.56. The van der Waals surface area contributed by atoms with E-state index in [0.717, 1.165) is 11.3 Å². The van der Waals surface area contributed by atoms with Gasteiger partial charge >= 0.3 is 0 Å². The number of imidazole rings is 1. The SMILES string of the molecule is CC(C)(C)Oc1ccccc1CN1CC(O)=C(c2nc3ccc(F)cc3[nH]2)C1=N. The predicted octanol–water partition coefficient (Wildman–Crippen LogP) is 4.64. The Morgan fingerprint density at radius 3 is 2.76 bits per heavy atom. The molecule has 0 amide bonds. The number of hydrogen-bond acceptors (Lipinski definition) is 4. The molecule has 3 aromatic rings. The maximum Gasteiger partial charge on any atom is 0.145 e. The first kappa shape index (κ1) is 19.0. The number of rotatable bonds is 4. The topological polar surface area (TPSA) is 85.2 Å².